The van der Waals surface area contributed by atoms with Crippen molar-refractivity contribution in [1.82, 2.24) is 0 Å². The molecule has 0 heterocycles. The summed E-state index contributed by atoms with van der Waals surface area (Å²) < 4.78 is 0. The van der Waals surface area contributed by atoms with Gasteiger partial charge in [-0.2, -0.15) is 13.8 Å². The minimum Gasteiger partial charge on any atom is -0.394 e. The Morgan fingerprint density at radius 2 is 0.625 bits per heavy atom. The number of rotatable bonds is 0. The fraction of sp³-hybridized carbons (Fsp3) is 0.917. The fourth-order valence-corrected chi connectivity index (χ4v) is 0. The van der Waals surface area contributed by atoms with Crippen LogP contribution in [0.25, 0.3) is 0 Å². The van der Waals surface area contributed by atoms with E-state index in [2.05, 4.69) is 0 Å². The molecule has 0 unspecified atom stereocenters. The predicted octanol–water partition coefficient (Wildman–Crippen LogP) is 2.39. The maximum absolute atomic E-state index is 8.06. The van der Waals surface area contributed by atoms with E-state index in [0.717, 1.165) is 0 Å². The molecule has 0 saturated carbocycles. The SMILES string of the molecule is CC(C)O.CC(C)O.CC(C)O.C[CH-]C.[Zr]. The second-order valence-corrected chi connectivity index (χ2v) is 3.86. The van der Waals surface area contributed by atoms with Gasteiger partial charge in [-0.05, 0) is 41.5 Å². The van der Waals surface area contributed by atoms with E-state index < -0.39 is 0 Å². The second kappa shape index (κ2) is 29.7. The van der Waals surface area contributed by atoms with Crippen LogP contribution in [0.4, 0.5) is 0 Å². The molecule has 16 heavy (non-hydrogen) atoms. The fourth-order valence-electron chi connectivity index (χ4n) is 0. The van der Waals surface area contributed by atoms with Crippen molar-refractivity contribution < 1.29 is 41.5 Å². The van der Waals surface area contributed by atoms with Gasteiger partial charge in [-0.15, -0.1) is 0 Å². The molecule has 3 N–H and O–H groups in total. The molecule has 0 saturated heterocycles. The van der Waals surface area contributed by atoms with E-state index in [1.807, 2.05) is 20.3 Å². The Morgan fingerprint density at radius 1 is 0.625 bits per heavy atom. The van der Waals surface area contributed by atoms with E-state index in [1.54, 1.807) is 41.5 Å². The van der Waals surface area contributed by atoms with Crippen molar-refractivity contribution in [1.29, 1.82) is 0 Å². The first-order valence-electron chi connectivity index (χ1n) is 5.39. The summed E-state index contributed by atoms with van der Waals surface area (Å²) >= 11 is 0. The van der Waals surface area contributed by atoms with Crippen molar-refractivity contribution >= 4 is 0 Å². The summed E-state index contributed by atoms with van der Waals surface area (Å²) in [7, 11) is 0. The van der Waals surface area contributed by atoms with Gasteiger partial charge in [-0.1, -0.05) is 0 Å². The molecule has 0 aromatic heterocycles. The van der Waals surface area contributed by atoms with Crippen molar-refractivity contribution in [3.8, 4) is 0 Å². The molecule has 102 valence electrons. The number of aliphatic hydroxyl groups excluding tert-OH is 3. The summed E-state index contributed by atoms with van der Waals surface area (Å²) in [4.78, 5) is 0. The molecule has 0 aromatic rings. The van der Waals surface area contributed by atoms with Crippen molar-refractivity contribution in [2.75, 3.05) is 0 Å². The van der Waals surface area contributed by atoms with Crippen molar-refractivity contribution in [3.63, 3.8) is 0 Å². The third kappa shape index (κ3) is 4800. The van der Waals surface area contributed by atoms with Crippen LogP contribution in [-0.2, 0) is 26.2 Å². The van der Waals surface area contributed by atoms with Crippen molar-refractivity contribution in [2.24, 2.45) is 0 Å². The van der Waals surface area contributed by atoms with Gasteiger partial charge in [0.2, 0.25) is 0 Å². The minimum atomic E-state index is -0.167. The molecule has 0 aliphatic carbocycles. The van der Waals surface area contributed by atoms with E-state index >= 15 is 0 Å². The maximum Gasteiger partial charge on any atom is 0.0483 e. The zero-order chi connectivity index (χ0) is 13.4. The molecule has 0 fully saturated rings. The molecule has 0 bridgehead atoms. The summed E-state index contributed by atoms with van der Waals surface area (Å²) in [6.45, 7) is 14.3. The Labute approximate surface area is 121 Å². The number of aliphatic hydroxyl groups is 3. The second-order valence-electron chi connectivity index (χ2n) is 3.86. The average Bonchev–Trinajstić information content (AvgIpc) is 1.81. The third-order valence-electron chi connectivity index (χ3n) is 0. The van der Waals surface area contributed by atoms with Crippen molar-refractivity contribution in [3.05, 3.63) is 6.42 Å². The molecule has 0 radical (unpaired) electrons. The van der Waals surface area contributed by atoms with Crippen LogP contribution in [0, 0.1) is 6.42 Å². The van der Waals surface area contributed by atoms with Gasteiger partial charge >= 0.3 is 0 Å². The van der Waals surface area contributed by atoms with Gasteiger partial charge in [0.25, 0.3) is 0 Å². The topological polar surface area (TPSA) is 60.7 Å². The molecule has 4 heteroatoms. The zero-order valence-electron chi connectivity index (χ0n) is 12.2. The van der Waals surface area contributed by atoms with Crippen LogP contribution < -0.4 is 0 Å². The molecule has 0 aliphatic heterocycles. The molecule has 0 rings (SSSR count). The first-order chi connectivity index (χ1) is 6.61. The smallest absolute Gasteiger partial charge is 0.0483 e. The summed E-state index contributed by atoms with van der Waals surface area (Å²) in [5.74, 6) is 0. The van der Waals surface area contributed by atoms with Crippen LogP contribution in [-0.4, -0.2) is 33.6 Å². The van der Waals surface area contributed by atoms with Crippen LogP contribution >= 0.6 is 0 Å². The van der Waals surface area contributed by atoms with Crippen LogP contribution in [0.2, 0.25) is 0 Å². The van der Waals surface area contributed by atoms with Gasteiger partial charge in [0.15, 0.2) is 0 Å². The van der Waals surface area contributed by atoms with E-state index in [9.17, 15) is 0 Å². The van der Waals surface area contributed by atoms with Crippen LogP contribution in [0.1, 0.15) is 55.4 Å². The summed E-state index contributed by atoms with van der Waals surface area (Å²) in [5, 5.41) is 24.2. The molecule has 0 aromatic carbocycles. The molecule has 3 nitrogen and oxygen atoms in total. The van der Waals surface area contributed by atoms with Gasteiger partial charge in [-0.3, -0.25) is 0 Å². The average molecular weight is 315 g/mol. The number of hydrogen-bond donors (Lipinski definition) is 3. The van der Waals surface area contributed by atoms with Crippen LogP contribution in [0.5, 0.6) is 0 Å². The minimum absolute atomic E-state index is 0. The first-order valence-corrected chi connectivity index (χ1v) is 5.39. The zero-order valence-corrected chi connectivity index (χ0v) is 14.6. The van der Waals surface area contributed by atoms with E-state index in [-0.39, 0.29) is 44.5 Å². The number of hydrogen-bond acceptors (Lipinski definition) is 3. The summed E-state index contributed by atoms with van der Waals surface area (Å²) in [6.07, 6.45) is 1.50. The Bertz CT molecular complexity index is 54.1. The predicted molar refractivity (Wildman–Crippen MR) is 67.7 cm³/mol. The molecule has 0 spiro atoms. The molecule has 0 amide bonds. The Hall–Kier alpha value is 0.763. The van der Waals surface area contributed by atoms with Gasteiger partial charge < -0.3 is 21.7 Å². The van der Waals surface area contributed by atoms with Gasteiger partial charge in [0.1, 0.15) is 0 Å². The quantitative estimate of drug-likeness (QED) is 0.602. The summed E-state index contributed by atoms with van der Waals surface area (Å²) in [5.41, 5.74) is 0. The van der Waals surface area contributed by atoms with Gasteiger partial charge in [-0.25, -0.2) is 0 Å². The van der Waals surface area contributed by atoms with Crippen molar-refractivity contribution in [2.45, 2.75) is 73.7 Å². The summed E-state index contributed by atoms with van der Waals surface area (Å²) in [6, 6.07) is 0. The third-order valence-corrected chi connectivity index (χ3v) is 0. The standard InChI is InChI=1S/3C3H8O.C3H7.Zr/c3*1-3(2)4;1-3-2;/h3*3-4H,1-2H3;3H,1-2H3;/q;;;-1;. The van der Waals surface area contributed by atoms with Crippen LogP contribution in [0.15, 0.2) is 0 Å². The Morgan fingerprint density at radius 3 is 0.625 bits per heavy atom. The molecular weight excluding hydrogens is 283 g/mol. The normalized spacial score (nSPS) is 7.88. The monoisotopic (exact) mass is 313 g/mol. The van der Waals surface area contributed by atoms with E-state index in [4.69, 9.17) is 15.3 Å². The maximum atomic E-state index is 8.06. The molecule has 0 aliphatic rings. The van der Waals surface area contributed by atoms with Gasteiger partial charge in [0, 0.05) is 44.5 Å². The largest absolute Gasteiger partial charge is 0.394 e. The van der Waals surface area contributed by atoms with Gasteiger partial charge in [0.05, 0.1) is 0 Å². The van der Waals surface area contributed by atoms with Crippen LogP contribution in [0.3, 0.4) is 0 Å². The first kappa shape index (κ1) is 30.1. The molecule has 0 atom stereocenters. The Kier molecular flexibility index (Phi) is 55.8. The molecular formula is C12H31O3Zr-. The van der Waals surface area contributed by atoms with E-state index in [0.29, 0.717) is 0 Å². The van der Waals surface area contributed by atoms with E-state index in [1.165, 1.54) is 0 Å². The Balaban J connectivity index is -0.0000000331.